The molecule has 1 aromatic carbocycles. The highest BCUT2D eigenvalue weighted by atomic mass is 79.9. The molecule has 54 valence electrons. The van der Waals surface area contributed by atoms with E-state index in [1.54, 1.807) is 24.5 Å². The van der Waals surface area contributed by atoms with Crippen molar-refractivity contribution in [3.8, 4) is 0 Å². The third-order valence-electron chi connectivity index (χ3n) is 1.23. The van der Waals surface area contributed by atoms with Crippen molar-refractivity contribution in [2.75, 3.05) is 0 Å². The van der Waals surface area contributed by atoms with Crippen molar-refractivity contribution in [1.82, 2.24) is 0 Å². The van der Waals surface area contributed by atoms with Gasteiger partial charge in [0.1, 0.15) is 0 Å². The fourth-order valence-electron chi connectivity index (χ4n) is 0.709. The van der Waals surface area contributed by atoms with Gasteiger partial charge in [-0.2, -0.15) is 0 Å². The van der Waals surface area contributed by atoms with Crippen molar-refractivity contribution in [3.63, 3.8) is 0 Å². The van der Waals surface area contributed by atoms with Gasteiger partial charge in [-0.3, -0.25) is 10.2 Å². The average molecular weight is 210 g/mol. The van der Waals surface area contributed by atoms with Crippen molar-refractivity contribution in [3.05, 3.63) is 33.8 Å². The van der Waals surface area contributed by atoms with Crippen LogP contribution in [0.1, 0.15) is 11.1 Å². The highest BCUT2D eigenvalue weighted by Crippen LogP contribution is 2.13. The van der Waals surface area contributed by atoms with Gasteiger partial charge in [0.05, 0.1) is 6.21 Å². The predicted molar refractivity (Wildman–Crippen MR) is 45.8 cm³/mol. The van der Waals surface area contributed by atoms with Crippen molar-refractivity contribution in [2.24, 2.45) is 0 Å². The van der Waals surface area contributed by atoms with Gasteiger partial charge >= 0.3 is 0 Å². The van der Waals surface area contributed by atoms with Crippen LogP contribution in [-0.2, 0) is 4.79 Å². The minimum atomic E-state index is 0.364. The third-order valence-corrected chi connectivity index (χ3v) is 1.72. The summed E-state index contributed by atoms with van der Waals surface area (Å²) in [7, 11) is 0. The molecule has 1 rings (SSSR count). The number of hydrogen-bond donors (Lipinski definition) is 1. The summed E-state index contributed by atoms with van der Waals surface area (Å²) in [4.78, 5) is 10.2. The number of halogens is 1. The Morgan fingerprint density at radius 1 is 1.36 bits per heavy atom. The van der Waals surface area contributed by atoms with E-state index in [-0.39, 0.29) is 0 Å². The van der Waals surface area contributed by atoms with Crippen molar-refractivity contribution < 1.29 is 4.79 Å². The molecule has 0 aliphatic rings. The second-order valence-corrected chi connectivity index (χ2v) is 2.83. The first-order chi connectivity index (χ1) is 5.27. The first-order valence-corrected chi connectivity index (χ1v) is 3.67. The van der Waals surface area contributed by atoms with Gasteiger partial charge in [-0.05, 0) is 18.2 Å². The molecular weight excluding hydrogens is 206 g/mol. The molecule has 0 fully saturated rings. The van der Waals surface area contributed by atoms with Crippen molar-refractivity contribution in [2.45, 2.75) is 0 Å². The molecule has 0 heterocycles. The van der Waals surface area contributed by atoms with Crippen LogP contribution in [-0.4, -0.2) is 12.5 Å². The zero-order valence-corrected chi connectivity index (χ0v) is 7.10. The fraction of sp³-hybridized carbons (Fsp3) is 0. The van der Waals surface area contributed by atoms with Gasteiger partial charge in [0, 0.05) is 15.6 Å². The Bertz CT molecular complexity index is 296. The van der Waals surface area contributed by atoms with E-state index in [9.17, 15) is 4.79 Å². The van der Waals surface area contributed by atoms with Crippen LogP contribution in [0.4, 0.5) is 0 Å². The summed E-state index contributed by atoms with van der Waals surface area (Å²) in [5.41, 5.74) is 0.817. The molecular formula is C8H4BrNO. The Kier molecular flexibility index (Phi) is 2.54. The number of carbonyl (C=O) groups excluding carboxylic acids is 1. The first-order valence-electron chi connectivity index (χ1n) is 2.88. The summed E-state index contributed by atoms with van der Waals surface area (Å²) in [5, 5.41) is 6.83. The van der Waals surface area contributed by atoms with Gasteiger partial charge in [-0.1, -0.05) is 15.9 Å². The molecule has 0 atom stereocenters. The molecule has 0 spiro atoms. The van der Waals surface area contributed by atoms with Gasteiger partial charge < -0.3 is 0 Å². The van der Waals surface area contributed by atoms with Crippen LogP contribution in [0.2, 0.25) is 0 Å². The summed E-state index contributed by atoms with van der Waals surface area (Å²) in [6, 6.07) is 4.96. The first kappa shape index (κ1) is 8.14. The van der Waals surface area contributed by atoms with Crippen molar-refractivity contribution in [1.29, 1.82) is 5.41 Å². The van der Waals surface area contributed by atoms with Crippen LogP contribution >= 0.6 is 15.9 Å². The van der Waals surface area contributed by atoms with E-state index in [0.717, 1.165) is 4.47 Å². The van der Waals surface area contributed by atoms with E-state index in [1.807, 2.05) is 0 Å². The molecule has 1 N–H and O–H groups in total. The standard InChI is InChI=1S/C8H4BrNO/c9-8-2-1-6(5-11)7(3-8)4-10/h1-3,10H. The van der Waals surface area contributed by atoms with Gasteiger partial charge in [-0.15, -0.1) is 0 Å². The maximum absolute atomic E-state index is 10.2. The molecule has 3 heteroatoms. The second-order valence-electron chi connectivity index (χ2n) is 1.92. The van der Waals surface area contributed by atoms with Gasteiger partial charge in [0.15, 0.2) is 0 Å². The Morgan fingerprint density at radius 3 is 2.64 bits per heavy atom. The molecule has 0 saturated heterocycles. The van der Waals surface area contributed by atoms with Gasteiger partial charge in [0.2, 0.25) is 6.29 Å². The fourth-order valence-corrected chi connectivity index (χ4v) is 1.07. The minimum absolute atomic E-state index is 0.364. The topological polar surface area (TPSA) is 40.9 Å². The summed E-state index contributed by atoms with van der Waals surface area (Å²) >= 11 is 3.21. The van der Waals surface area contributed by atoms with Crippen molar-refractivity contribution >= 4 is 28.4 Å². The van der Waals surface area contributed by atoms with E-state index in [1.165, 1.54) is 0 Å². The zero-order chi connectivity index (χ0) is 8.27. The van der Waals surface area contributed by atoms with E-state index < -0.39 is 0 Å². The lowest BCUT2D eigenvalue weighted by atomic mass is 10.1. The molecule has 0 aliphatic carbocycles. The number of benzene rings is 1. The summed E-state index contributed by atoms with van der Waals surface area (Å²) in [6.07, 6.45) is 3.87. The highest BCUT2D eigenvalue weighted by Gasteiger charge is 1.99. The SMILES string of the molecule is N=[C]c1cc(Br)ccc1[C]=O. The molecule has 0 saturated carbocycles. The molecule has 11 heavy (non-hydrogen) atoms. The van der Waals surface area contributed by atoms with Crippen LogP contribution in [0.3, 0.4) is 0 Å². The Labute approximate surface area is 72.9 Å². The maximum Gasteiger partial charge on any atom is 0.234 e. The molecule has 0 unspecified atom stereocenters. The predicted octanol–water partition coefficient (Wildman–Crippen LogP) is 1.78. The third kappa shape index (κ3) is 1.74. The molecule has 2 nitrogen and oxygen atoms in total. The normalized spacial score (nSPS) is 9.18. The lowest BCUT2D eigenvalue weighted by molar-refractivity contribution is 0.562. The summed E-state index contributed by atoms with van der Waals surface area (Å²) in [5.74, 6) is 0. The molecule has 0 aliphatic heterocycles. The highest BCUT2D eigenvalue weighted by molar-refractivity contribution is 9.10. The van der Waals surface area contributed by atoms with Crippen LogP contribution in [0.5, 0.6) is 0 Å². The average Bonchev–Trinajstić information content (AvgIpc) is 2.04. The molecule has 0 aromatic heterocycles. The Balaban J connectivity index is 3.26. The Hall–Kier alpha value is -0.960. The van der Waals surface area contributed by atoms with E-state index in [2.05, 4.69) is 22.1 Å². The monoisotopic (exact) mass is 209 g/mol. The van der Waals surface area contributed by atoms with Crippen LogP contribution in [0.15, 0.2) is 22.7 Å². The number of hydrogen-bond acceptors (Lipinski definition) is 2. The maximum atomic E-state index is 10.2. The molecule has 0 amide bonds. The quantitative estimate of drug-likeness (QED) is 0.742. The lowest BCUT2D eigenvalue weighted by Crippen LogP contribution is -1.89. The summed E-state index contributed by atoms with van der Waals surface area (Å²) in [6.45, 7) is 0. The number of rotatable bonds is 2. The molecule has 2 radical (unpaired) electrons. The zero-order valence-electron chi connectivity index (χ0n) is 5.52. The van der Waals surface area contributed by atoms with E-state index >= 15 is 0 Å². The Morgan fingerprint density at radius 2 is 2.09 bits per heavy atom. The number of nitrogens with one attached hydrogen (secondary N) is 1. The molecule has 1 aromatic rings. The molecule has 0 bridgehead atoms. The summed E-state index contributed by atoms with van der Waals surface area (Å²) < 4.78 is 0.825. The van der Waals surface area contributed by atoms with Crippen LogP contribution in [0, 0.1) is 5.41 Å². The second kappa shape index (κ2) is 3.44. The minimum Gasteiger partial charge on any atom is -0.298 e. The smallest absolute Gasteiger partial charge is 0.234 e. The van der Waals surface area contributed by atoms with Crippen LogP contribution < -0.4 is 0 Å². The van der Waals surface area contributed by atoms with E-state index in [4.69, 9.17) is 5.41 Å². The van der Waals surface area contributed by atoms with Crippen LogP contribution in [0.25, 0.3) is 0 Å². The van der Waals surface area contributed by atoms with Gasteiger partial charge in [-0.25, -0.2) is 0 Å². The van der Waals surface area contributed by atoms with E-state index in [0.29, 0.717) is 11.1 Å². The largest absolute Gasteiger partial charge is 0.298 e. The lowest BCUT2D eigenvalue weighted by Gasteiger charge is -1.95. The van der Waals surface area contributed by atoms with Gasteiger partial charge in [0.25, 0.3) is 0 Å².